The molecule has 1 fully saturated rings. The molecule has 3 nitrogen and oxygen atoms in total. The van der Waals surface area contributed by atoms with Gasteiger partial charge in [0.15, 0.2) is 0 Å². The van der Waals surface area contributed by atoms with Crippen LogP contribution in [0.2, 0.25) is 0 Å². The van der Waals surface area contributed by atoms with E-state index in [0.29, 0.717) is 5.56 Å². The number of hydrogen-bond donors (Lipinski definition) is 2. The van der Waals surface area contributed by atoms with Gasteiger partial charge in [-0.05, 0) is 42.9 Å². The Morgan fingerprint density at radius 3 is 2.86 bits per heavy atom. The summed E-state index contributed by atoms with van der Waals surface area (Å²) in [5, 5.41) is 2.92. The molecule has 0 aliphatic heterocycles. The fourth-order valence-electron chi connectivity index (χ4n) is 2.75. The van der Waals surface area contributed by atoms with Crippen LogP contribution in [0.1, 0.15) is 49.0 Å². The summed E-state index contributed by atoms with van der Waals surface area (Å²) in [4.78, 5) is 12.2. The monoisotopic (exact) mass is 288 g/mol. The number of amides is 1. The van der Waals surface area contributed by atoms with Crippen molar-refractivity contribution < 1.29 is 9.18 Å². The standard InChI is InChI=1S/C17H21FN2O/c1-17(2)8-7-13(11-17)20-16(21)14-6-5-12(4-3-9-19)10-15(14)18/h5-6,10,13H,7-9,11,19H2,1-2H3,(H,20,21). The van der Waals surface area contributed by atoms with E-state index in [-0.39, 0.29) is 29.5 Å². The highest BCUT2D eigenvalue weighted by Gasteiger charge is 2.32. The first-order chi connectivity index (χ1) is 9.91. The highest BCUT2D eigenvalue weighted by Crippen LogP contribution is 2.37. The van der Waals surface area contributed by atoms with E-state index in [1.807, 2.05) is 0 Å². The average Bonchev–Trinajstić information content (AvgIpc) is 2.75. The molecule has 1 aliphatic carbocycles. The second-order valence-electron chi connectivity index (χ2n) is 6.28. The summed E-state index contributed by atoms with van der Waals surface area (Å²) in [5.74, 6) is 4.51. The molecule has 4 heteroatoms. The van der Waals surface area contributed by atoms with Crippen molar-refractivity contribution in [2.75, 3.05) is 6.54 Å². The molecule has 1 amide bonds. The van der Waals surface area contributed by atoms with E-state index in [1.165, 1.54) is 12.1 Å². The normalized spacial score (nSPS) is 19.7. The van der Waals surface area contributed by atoms with E-state index in [4.69, 9.17) is 5.73 Å². The first-order valence-corrected chi connectivity index (χ1v) is 7.21. The smallest absolute Gasteiger partial charge is 0.254 e. The molecule has 1 aliphatic rings. The largest absolute Gasteiger partial charge is 0.349 e. The Morgan fingerprint density at radius 1 is 1.52 bits per heavy atom. The van der Waals surface area contributed by atoms with Crippen LogP contribution in [0.5, 0.6) is 0 Å². The van der Waals surface area contributed by atoms with E-state index in [0.717, 1.165) is 19.3 Å². The molecule has 0 heterocycles. The summed E-state index contributed by atoms with van der Waals surface area (Å²) in [7, 11) is 0. The molecule has 0 spiro atoms. The lowest BCUT2D eigenvalue weighted by atomic mass is 9.92. The molecule has 21 heavy (non-hydrogen) atoms. The summed E-state index contributed by atoms with van der Waals surface area (Å²) in [6, 6.07) is 4.52. The molecule has 0 radical (unpaired) electrons. The zero-order chi connectivity index (χ0) is 15.5. The number of carbonyl (C=O) groups excluding carboxylic acids is 1. The zero-order valence-electron chi connectivity index (χ0n) is 12.5. The van der Waals surface area contributed by atoms with Gasteiger partial charge >= 0.3 is 0 Å². The Kier molecular flexibility index (Phi) is 4.64. The van der Waals surface area contributed by atoms with Gasteiger partial charge in [-0.3, -0.25) is 4.79 Å². The molecule has 1 unspecified atom stereocenters. The number of hydrogen-bond acceptors (Lipinski definition) is 2. The molecule has 1 aromatic carbocycles. The molecular formula is C17H21FN2O. The molecule has 0 saturated heterocycles. The van der Waals surface area contributed by atoms with Gasteiger partial charge in [-0.2, -0.15) is 0 Å². The molecule has 0 aromatic heterocycles. The van der Waals surface area contributed by atoms with Crippen molar-refractivity contribution in [3.63, 3.8) is 0 Å². The van der Waals surface area contributed by atoms with E-state index in [9.17, 15) is 9.18 Å². The maximum Gasteiger partial charge on any atom is 0.254 e. The van der Waals surface area contributed by atoms with Crippen LogP contribution in [-0.2, 0) is 0 Å². The number of carbonyl (C=O) groups is 1. The van der Waals surface area contributed by atoms with Crippen molar-refractivity contribution in [1.29, 1.82) is 0 Å². The van der Waals surface area contributed by atoms with Gasteiger partial charge in [0, 0.05) is 11.6 Å². The van der Waals surface area contributed by atoms with Crippen molar-refractivity contribution in [1.82, 2.24) is 5.32 Å². The van der Waals surface area contributed by atoms with Crippen molar-refractivity contribution in [3.05, 3.63) is 35.1 Å². The van der Waals surface area contributed by atoms with Crippen LogP contribution in [0, 0.1) is 23.1 Å². The van der Waals surface area contributed by atoms with Gasteiger partial charge in [0.1, 0.15) is 5.82 Å². The summed E-state index contributed by atoms with van der Waals surface area (Å²) in [6.45, 7) is 4.59. The fraction of sp³-hybridized carbons (Fsp3) is 0.471. The maximum absolute atomic E-state index is 14.0. The Balaban J connectivity index is 2.06. The minimum Gasteiger partial charge on any atom is -0.349 e. The minimum absolute atomic E-state index is 0.0676. The van der Waals surface area contributed by atoms with Gasteiger partial charge in [0.25, 0.3) is 5.91 Å². The van der Waals surface area contributed by atoms with Crippen LogP contribution in [0.3, 0.4) is 0 Å². The molecular weight excluding hydrogens is 267 g/mol. The van der Waals surface area contributed by atoms with Gasteiger partial charge in [0.05, 0.1) is 12.1 Å². The molecule has 1 saturated carbocycles. The van der Waals surface area contributed by atoms with Crippen molar-refractivity contribution in [2.45, 2.75) is 39.2 Å². The molecule has 0 bridgehead atoms. The van der Waals surface area contributed by atoms with Gasteiger partial charge < -0.3 is 11.1 Å². The SMILES string of the molecule is CC1(C)CCC(NC(=O)c2ccc(C#CCN)cc2F)C1. The summed E-state index contributed by atoms with van der Waals surface area (Å²) >= 11 is 0. The molecule has 1 aromatic rings. The molecule has 1 atom stereocenters. The van der Waals surface area contributed by atoms with Crippen molar-refractivity contribution in [2.24, 2.45) is 11.1 Å². The highest BCUT2D eigenvalue weighted by molar-refractivity contribution is 5.94. The fourth-order valence-corrected chi connectivity index (χ4v) is 2.75. The van der Waals surface area contributed by atoms with Crippen molar-refractivity contribution in [3.8, 4) is 11.8 Å². The van der Waals surface area contributed by atoms with E-state index >= 15 is 0 Å². The van der Waals surface area contributed by atoms with E-state index in [2.05, 4.69) is 31.0 Å². The average molecular weight is 288 g/mol. The van der Waals surface area contributed by atoms with Gasteiger partial charge in [-0.25, -0.2) is 4.39 Å². The second kappa shape index (κ2) is 6.28. The van der Waals surface area contributed by atoms with Crippen LogP contribution in [0.4, 0.5) is 4.39 Å². The van der Waals surface area contributed by atoms with Crippen LogP contribution >= 0.6 is 0 Å². The predicted molar refractivity (Wildman–Crippen MR) is 81.2 cm³/mol. The van der Waals surface area contributed by atoms with Crippen LogP contribution in [-0.4, -0.2) is 18.5 Å². The Morgan fingerprint density at radius 2 is 2.29 bits per heavy atom. The third-order valence-corrected chi connectivity index (χ3v) is 3.85. The lowest BCUT2D eigenvalue weighted by Crippen LogP contribution is -2.34. The number of nitrogens with one attached hydrogen (secondary N) is 1. The number of nitrogens with two attached hydrogens (primary N) is 1. The topological polar surface area (TPSA) is 55.1 Å². The van der Waals surface area contributed by atoms with Gasteiger partial charge in [0.2, 0.25) is 0 Å². The van der Waals surface area contributed by atoms with E-state index in [1.54, 1.807) is 6.07 Å². The third-order valence-electron chi connectivity index (χ3n) is 3.85. The number of rotatable bonds is 2. The lowest BCUT2D eigenvalue weighted by Gasteiger charge is -2.18. The lowest BCUT2D eigenvalue weighted by molar-refractivity contribution is 0.0932. The Hall–Kier alpha value is -1.86. The Bertz CT molecular complexity index is 599. The zero-order valence-corrected chi connectivity index (χ0v) is 12.5. The van der Waals surface area contributed by atoms with E-state index < -0.39 is 5.82 Å². The van der Waals surface area contributed by atoms with Crippen molar-refractivity contribution >= 4 is 5.91 Å². The van der Waals surface area contributed by atoms with Crippen LogP contribution < -0.4 is 11.1 Å². The molecule has 3 N–H and O–H groups in total. The summed E-state index contributed by atoms with van der Waals surface area (Å²) in [6.07, 6.45) is 2.95. The van der Waals surface area contributed by atoms with Gasteiger partial charge in [-0.15, -0.1) is 0 Å². The molecule has 112 valence electrons. The summed E-state index contributed by atoms with van der Waals surface area (Å²) in [5.41, 5.74) is 6.11. The number of halogens is 1. The summed E-state index contributed by atoms with van der Waals surface area (Å²) < 4.78 is 14.0. The second-order valence-corrected chi connectivity index (χ2v) is 6.28. The quantitative estimate of drug-likeness (QED) is 0.821. The molecule has 2 rings (SSSR count). The Labute approximate surface area is 125 Å². The predicted octanol–water partition coefficient (Wildman–Crippen LogP) is 2.44. The highest BCUT2D eigenvalue weighted by atomic mass is 19.1. The first-order valence-electron chi connectivity index (χ1n) is 7.21. The third kappa shape index (κ3) is 4.05. The number of benzene rings is 1. The maximum atomic E-state index is 14.0. The van der Waals surface area contributed by atoms with Crippen LogP contribution in [0.25, 0.3) is 0 Å². The van der Waals surface area contributed by atoms with Crippen LogP contribution in [0.15, 0.2) is 18.2 Å². The minimum atomic E-state index is -0.548. The van der Waals surface area contributed by atoms with Gasteiger partial charge in [-0.1, -0.05) is 25.7 Å². The first kappa shape index (κ1) is 15.5.